The van der Waals surface area contributed by atoms with Crippen molar-refractivity contribution < 1.29 is 9.59 Å². The third-order valence-electron chi connectivity index (χ3n) is 6.65. The van der Waals surface area contributed by atoms with Crippen LogP contribution < -0.4 is 9.80 Å². The lowest BCUT2D eigenvalue weighted by molar-refractivity contribution is 0.0746. The summed E-state index contributed by atoms with van der Waals surface area (Å²) in [5.74, 6) is -0.117. The molecule has 2 amide bonds. The molecule has 1 aromatic carbocycles. The van der Waals surface area contributed by atoms with E-state index in [4.69, 9.17) is 0 Å². The van der Waals surface area contributed by atoms with Crippen LogP contribution in [0.2, 0.25) is 0 Å². The van der Waals surface area contributed by atoms with Crippen molar-refractivity contribution in [3.63, 3.8) is 0 Å². The van der Waals surface area contributed by atoms with Crippen molar-refractivity contribution in [1.29, 1.82) is 5.26 Å². The monoisotopic (exact) mass is 455 g/mol. The second-order valence-electron chi connectivity index (χ2n) is 9.16. The molecule has 9 heteroatoms. The van der Waals surface area contributed by atoms with Crippen molar-refractivity contribution in [2.75, 3.05) is 36.0 Å². The van der Waals surface area contributed by atoms with E-state index in [1.165, 1.54) is 0 Å². The standard InChI is InChI=1S/C25H25N7O2/c1-25(2)22-10-17(12-26)4-5-21(22)24(34)32(25)20-11-19(14-27-15-20)30-6-8-31(9-7-30)23(33)18-13-28-29(3)16-18/h4-5,10-11,13-16H,6-9H2,1-3H3. The maximum absolute atomic E-state index is 13.3. The average Bonchev–Trinajstić information content (AvgIpc) is 3.37. The van der Waals surface area contributed by atoms with Crippen molar-refractivity contribution in [1.82, 2.24) is 19.7 Å². The van der Waals surface area contributed by atoms with Crippen molar-refractivity contribution >= 4 is 23.2 Å². The van der Waals surface area contributed by atoms with Crippen molar-refractivity contribution in [2.45, 2.75) is 19.4 Å². The van der Waals surface area contributed by atoms with Gasteiger partial charge in [-0.25, -0.2) is 0 Å². The zero-order valence-corrected chi connectivity index (χ0v) is 19.4. The molecular weight excluding hydrogens is 430 g/mol. The zero-order chi connectivity index (χ0) is 24.0. The fourth-order valence-corrected chi connectivity index (χ4v) is 4.83. The summed E-state index contributed by atoms with van der Waals surface area (Å²) >= 11 is 0. The smallest absolute Gasteiger partial charge is 0.259 e. The van der Waals surface area contributed by atoms with Crippen LogP contribution in [0.5, 0.6) is 0 Å². The van der Waals surface area contributed by atoms with Gasteiger partial charge in [-0.3, -0.25) is 24.2 Å². The number of nitrogens with zero attached hydrogens (tertiary/aromatic N) is 7. The summed E-state index contributed by atoms with van der Waals surface area (Å²) in [6.45, 7) is 6.48. The number of fused-ring (bicyclic) bond motifs is 1. The van der Waals surface area contributed by atoms with Gasteiger partial charge in [-0.1, -0.05) is 0 Å². The number of hydrogen-bond acceptors (Lipinski definition) is 6. The molecule has 0 bridgehead atoms. The Morgan fingerprint density at radius 3 is 2.47 bits per heavy atom. The molecule has 4 heterocycles. The number of rotatable bonds is 3. The first-order valence-electron chi connectivity index (χ1n) is 11.2. The van der Waals surface area contributed by atoms with Gasteiger partial charge >= 0.3 is 0 Å². The van der Waals surface area contributed by atoms with Crippen molar-refractivity contribution in [2.24, 2.45) is 7.05 Å². The molecule has 0 atom stereocenters. The Bertz CT molecular complexity index is 1330. The van der Waals surface area contributed by atoms with Crippen LogP contribution in [0.25, 0.3) is 0 Å². The van der Waals surface area contributed by atoms with E-state index in [0.717, 1.165) is 11.3 Å². The van der Waals surface area contributed by atoms with Gasteiger partial charge in [0.15, 0.2) is 0 Å². The number of nitriles is 1. The molecule has 0 radical (unpaired) electrons. The predicted octanol–water partition coefficient (Wildman–Crippen LogP) is 2.54. The van der Waals surface area contributed by atoms with Crippen molar-refractivity contribution in [3.8, 4) is 6.07 Å². The molecule has 0 spiro atoms. The Morgan fingerprint density at radius 1 is 1.06 bits per heavy atom. The van der Waals surface area contributed by atoms with Crippen molar-refractivity contribution in [3.05, 3.63) is 71.3 Å². The average molecular weight is 456 g/mol. The van der Waals surface area contributed by atoms with Gasteiger partial charge in [-0.15, -0.1) is 0 Å². The van der Waals surface area contributed by atoms with Gasteiger partial charge in [0.2, 0.25) is 0 Å². The molecule has 9 nitrogen and oxygen atoms in total. The number of hydrogen-bond donors (Lipinski definition) is 0. The van der Waals surface area contributed by atoms with E-state index in [2.05, 4.69) is 21.1 Å². The molecule has 1 saturated heterocycles. The van der Waals surface area contributed by atoms with Crippen LogP contribution in [0.15, 0.2) is 49.1 Å². The number of benzene rings is 1. The number of aryl methyl sites for hydroxylation is 1. The van der Waals surface area contributed by atoms with E-state index < -0.39 is 5.54 Å². The van der Waals surface area contributed by atoms with Crippen LogP contribution in [-0.4, -0.2) is 57.7 Å². The lowest BCUT2D eigenvalue weighted by atomic mass is 9.92. The molecule has 0 unspecified atom stereocenters. The minimum Gasteiger partial charge on any atom is -0.367 e. The molecule has 5 rings (SSSR count). The Morgan fingerprint density at radius 2 is 1.79 bits per heavy atom. The summed E-state index contributed by atoms with van der Waals surface area (Å²) in [5.41, 5.74) is 3.57. The highest BCUT2D eigenvalue weighted by molar-refractivity contribution is 6.12. The van der Waals surface area contributed by atoms with E-state index in [1.54, 1.807) is 59.6 Å². The first kappa shape index (κ1) is 21.6. The number of carbonyl (C=O) groups excluding carboxylic acids is 2. The van der Waals surface area contributed by atoms with Gasteiger partial charge in [-0.05, 0) is 43.7 Å². The summed E-state index contributed by atoms with van der Waals surface area (Å²) < 4.78 is 1.63. The molecule has 3 aromatic rings. The number of piperazine rings is 1. The first-order valence-corrected chi connectivity index (χ1v) is 11.2. The van der Waals surface area contributed by atoms with E-state index in [0.29, 0.717) is 48.6 Å². The summed E-state index contributed by atoms with van der Waals surface area (Å²) in [5, 5.41) is 13.4. The third-order valence-corrected chi connectivity index (χ3v) is 6.65. The van der Waals surface area contributed by atoms with Crippen LogP contribution in [0.3, 0.4) is 0 Å². The highest BCUT2D eigenvalue weighted by atomic mass is 16.2. The third kappa shape index (κ3) is 3.48. The lowest BCUT2D eigenvalue weighted by Crippen LogP contribution is -2.48. The minimum atomic E-state index is -0.617. The minimum absolute atomic E-state index is 0.0152. The van der Waals surface area contributed by atoms with E-state index in [9.17, 15) is 14.9 Å². The van der Waals surface area contributed by atoms with Crippen LogP contribution in [-0.2, 0) is 12.6 Å². The second kappa shape index (κ2) is 7.99. The molecule has 1 fully saturated rings. The fraction of sp³-hybridized carbons (Fsp3) is 0.320. The van der Waals surface area contributed by atoms with Crippen LogP contribution in [0.1, 0.15) is 45.7 Å². The number of amides is 2. The maximum atomic E-state index is 13.3. The molecule has 0 saturated carbocycles. The quantitative estimate of drug-likeness (QED) is 0.602. The SMILES string of the molecule is Cn1cc(C(=O)N2CCN(c3cncc(N4C(=O)c5ccc(C#N)cc5C4(C)C)c3)CC2)cn1. The molecule has 2 aliphatic heterocycles. The van der Waals surface area contributed by atoms with Gasteiger partial charge in [-0.2, -0.15) is 10.4 Å². The topological polar surface area (TPSA) is 98.4 Å². The van der Waals surface area contributed by atoms with Gasteiger partial charge < -0.3 is 9.80 Å². The van der Waals surface area contributed by atoms with Gasteiger partial charge in [0.25, 0.3) is 11.8 Å². The molecule has 0 N–H and O–H groups in total. The Labute approximate surface area is 197 Å². The Hall–Kier alpha value is -4.19. The normalized spacial score (nSPS) is 17.0. The van der Waals surface area contributed by atoms with E-state index >= 15 is 0 Å². The van der Waals surface area contributed by atoms with Gasteiger partial charge in [0.1, 0.15) is 0 Å². The highest BCUT2D eigenvalue weighted by Crippen LogP contribution is 2.42. The van der Waals surface area contributed by atoms with Gasteiger partial charge in [0, 0.05) is 45.0 Å². The summed E-state index contributed by atoms with van der Waals surface area (Å²) in [4.78, 5) is 36.2. The van der Waals surface area contributed by atoms with Crippen LogP contribution in [0.4, 0.5) is 11.4 Å². The highest BCUT2D eigenvalue weighted by Gasteiger charge is 2.44. The zero-order valence-electron chi connectivity index (χ0n) is 19.4. The fourth-order valence-electron chi connectivity index (χ4n) is 4.83. The van der Waals surface area contributed by atoms with Crippen LogP contribution >= 0.6 is 0 Å². The first-order chi connectivity index (χ1) is 16.3. The van der Waals surface area contributed by atoms with Gasteiger partial charge in [0.05, 0.1) is 52.7 Å². The Balaban J connectivity index is 1.35. The summed E-state index contributed by atoms with van der Waals surface area (Å²) in [6, 6.07) is 9.33. The number of carbonyl (C=O) groups is 2. The number of pyridine rings is 1. The number of aromatic nitrogens is 3. The maximum Gasteiger partial charge on any atom is 0.259 e. The molecular formula is C25H25N7O2. The molecule has 2 aromatic heterocycles. The largest absolute Gasteiger partial charge is 0.367 e. The Kier molecular flexibility index (Phi) is 5.09. The number of anilines is 2. The lowest BCUT2D eigenvalue weighted by Gasteiger charge is -2.37. The van der Waals surface area contributed by atoms with Crippen LogP contribution in [0, 0.1) is 11.3 Å². The second-order valence-corrected chi connectivity index (χ2v) is 9.16. The predicted molar refractivity (Wildman–Crippen MR) is 127 cm³/mol. The van der Waals surface area contributed by atoms with E-state index in [-0.39, 0.29) is 11.8 Å². The molecule has 172 valence electrons. The molecule has 2 aliphatic rings. The molecule has 34 heavy (non-hydrogen) atoms. The van der Waals surface area contributed by atoms with E-state index in [1.807, 2.05) is 24.8 Å². The summed E-state index contributed by atoms with van der Waals surface area (Å²) in [6.07, 6.45) is 6.81. The molecule has 0 aliphatic carbocycles. The summed E-state index contributed by atoms with van der Waals surface area (Å²) in [7, 11) is 1.79.